The lowest BCUT2D eigenvalue weighted by molar-refractivity contribution is -0.115. The van der Waals surface area contributed by atoms with Crippen molar-refractivity contribution < 1.29 is 19.1 Å². The first-order valence-electron chi connectivity index (χ1n) is 10.0. The predicted octanol–water partition coefficient (Wildman–Crippen LogP) is 5.59. The molecule has 7 heteroatoms. The lowest BCUT2D eigenvalue weighted by Crippen LogP contribution is -2.22. The van der Waals surface area contributed by atoms with Crippen molar-refractivity contribution in [3.63, 3.8) is 0 Å². The van der Waals surface area contributed by atoms with Gasteiger partial charge in [0.15, 0.2) is 5.13 Å². The molecule has 162 valence electrons. The van der Waals surface area contributed by atoms with Gasteiger partial charge in [-0.25, -0.2) is 9.78 Å². The van der Waals surface area contributed by atoms with Crippen LogP contribution in [0.4, 0.5) is 10.8 Å². The maximum Gasteiger partial charge on any atom is 0.338 e. The Morgan fingerprint density at radius 2 is 1.77 bits per heavy atom. The molecule has 0 saturated carbocycles. The number of nitrogens with zero attached hydrogens (tertiary/aromatic N) is 2. The molecular weight excluding hydrogens is 412 g/mol. The van der Waals surface area contributed by atoms with E-state index in [9.17, 15) is 9.59 Å². The van der Waals surface area contributed by atoms with E-state index in [1.165, 1.54) is 23.8 Å². The summed E-state index contributed by atoms with van der Waals surface area (Å²) in [5.41, 5.74) is 4.27. The monoisotopic (exact) mass is 438 g/mol. The van der Waals surface area contributed by atoms with Crippen LogP contribution in [-0.4, -0.2) is 23.0 Å². The number of rotatable bonds is 7. The normalized spacial score (nSPS) is 10.8. The lowest BCUT2D eigenvalue weighted by Gasteiger charge is -2.19. The van der Waals surface area contributed by atoms with E-state index in [4.69, 9.17) is 9.47 Å². The zero-order chi connectivity index (χ0) is 22.5. The Kier molecular flexibility index (Phi) is 7.07. The van der Waals surface area contributed by atoms with Crippen LogP contribution in [0.5, 0.6) is 5.75 Å². The van der Waals surface area contributed by atoms with E-state index >= 15 is 0 Å². The van der Waals surface area contributed by atoms with Crippen molar-refractivity contribution >= 4 is 34.0 Å². The van der Waals surface area contributed by atoms with Gasteiger partial charge in [-0.3, -0.25) is 9.69 Å². The molecule has 0 N–H and O–H groups in total. The van der Waals surface area contributed by atoms with Crippen LogP contribution < -0.4 is 9.64 Å². The van der Waals surface area contributed by atoms with Gasteiger partial charge in [-0.1, -0.05) is 6.07 Å². The second-order valence-electron chi connectivity index (χ2n) is 7.51. The van der Waals surface area contributed by atoms with Gasteiger partial charge in [0.05, 0.1) is 23.0 Å². The molecule has 0 spiro atoms. The highest BCUT2D eigenvalue weighted by molar-refractivity contribution is 7.14. The highest BCUT2D eigenvalue weighted by atomic mass is 32.1. The van der Waals surface area contributed by atoms with Gasteiger partial charge in [0.1, 0.15) is 12.4 Å². The highest BCUT2D eigenvalue weighted by Crippen LogP contribution is 2.30. The van der Waals surface area contributed by atoms with E-state index in [0.29, 0.717) is 16.4 Å². The molecule has 31 heavy (non-hydrogen) atoms. The molecule has 2 aromatic carbocycles. The molecule has 1 heterocycles. The van der Waals surface area contributed by atoms with Crippen molar-refractivity contribution in [3.8, 4) is 5.75 Å². The van der Waals surface area contributed by atoms with Gasteiger partial charge in [0.2, 0.25) is 5.91 Å². The smallest absolute Gasteiger partial charge is 0.338 e. The maximum atomic E-state index is 12.3. The summed E-state index contributed by atoms with van der Waals surface area (Å²) in [6, 6.07) is 12.7. The van der Waals surface area contributed by atoms with E-state index in [1.54, 1.807) is 29.2 Å². The number of carbonyl (C=O) groups excluding carboxylic acids is 2. The topological polar surface area (TPSA) is 68.7 Å². The first-order chi connectivity index (χ1) is 14.7. The summed E-state index contributed by atoms with van der Waals surface area (Å²) in [6.45, 7) is 9.46. The summed E-state index contributed by atoms with van der Waals surface area (Å²) in [5.74, 6) is 0.156. The number of ether oxygens (including phenoxy) is 2. The maximum absolute atomic E-state index is 12.3. The SMILES string of the molecule is CC(=O)N(c1ccc(C)c(C)c1)c1nc(COc2ccc(C(=O)OC(C)C)cc2)cs1. The third kappa shape index (κ3) is 5.70. The summed E-state index contributed by atoms with van der Waals surface area (Å²) in [7, 11) is 0. The van der Waals surface area contributed by atoms with Crippen molar-refractivity contribution in [2.45, 2.75) is 47.3 Å². The molecule has 0 atom stereocenters. The second kappa shape index (κ2) is 9.75. The molecule has 0 radical (unpaired) electrons. The Hall–Kier alpha value is -3.19. The van der Waals surface area contributed by atoms with E-state index < -0.39 is 0 Å². The Balaban J connectivity index is 1.68. The Morgan fingerprint density at radius 1 is 1.06 bits per heavy atom. The number of hydrogen-bond acceptors (Lipinski definition) is 6. The molecule has 1 aromatic heterocycles. The molecular formula is C24H26N2O4S. The van der Waals surface area contributed by atoms with Crippen LogP contribution in [0.2, 0.25) is 0 Å². The number of hydrogen-bond donors (Lipinski definition) is 0. The number of benzene rings is 2. The number of thiazole rings is 1. The average molecular weight is 439 g/mol. The largest absolute Gasteiger partial charge is 0.487 e. The number of carbonyl (C=O) groups is 2. The fraction of sp³-hybridized carbons (Fsp3) is 0.292. The minimum atomic E-state index is -0.360. The number of aryl methyl sites for hydroxylation is 2. The Labute approximate surface area is 186 Å². The predicted molar refractivity (Wildman–Crippen MR) is 122 cm³/mol. The molecule has 0 aliphatic carbocycles. The first-order valence-corrected chi connectivity index (χ1v) is 10.9. The van der Waals surface area contributed by atoms with Crippen molar-refractivity contribution in [2.75, 3.05) is 4.90 Å². The zero-order valence-corrected chi connectivity index (χ0v) is 19.2. The van der Waals surface area contributed by atoms with E-state index in [2.05, 4.69) is 4.98 Å². The van der Waals surface area contributed by atoms with Gasteiger partial charge >= 0.3 is 5.97 Å². The lowest BCUT2D eigenvalue weighted by atomic mass is 10.1. The van der Waals surface area contributed by atoms with Crippen molar-refractivity contribution in [3.05, 3.63) is 70.2 Å². The van der Waals surface area contributed by atoms with Gasteiger partial charge in [-0.15, -0.1) is 11.3 Å². The third-order valence-corrected chi connectivity index (χ3v) is 5.49. The van der Waals surface area contributed by atoms with Crippen molar-refractivity contribution in [1.29, 1.82) is 0 Å². The summed E-state index contributed by atoms with van der Waals surface area (Å²) < 4.78 is 11.0. The summed E-state index contributed by atoms with van der Waals surface area (Å²) in [5, 5.41) is 2.47. The summed E-state index contributed by atoms with van der Waals surface area (Å²) in [6.07, 6.45) is -0.166. The van der Waals surface area contributed by atoms with Gasteiger partial charge in [0, 0.05) is 12.3 Å². The molecule has 3 rings (SSSR count). The highest BCUT2D eigenvalue weighted by Gasteiger charge is 2.18. The quantitative estimate of drug-likeness (QED) is 0.450. The average Bonchev–Trinajstić information content (AvgIpc) is 3.17. The van der Waals surface area contributed by atoms with Crippen LogP contribution in [0.15, 0.2) is 47.8 Å². The van der Waals surface area contributed by atoms with E-state index in [0.717, 1.165) is 16.9 Å². The number of aromatic nitrogens is 1. The molecule has 0 fully saturated rings. The molecule has 0 aliphatic rings. The Morgan fingerprint density at radius 3 is 2.39 bits per heavy atom. The number of esters is 1. The van der Waals surface area contributed by atoms with Crippen LogP contribution >= 0.6 is 11.3 Å². The second-order valence-corrected chi connectivity index (χ2v) is 8.35. The van der Waals surface area contributed by atoms with E-state index in [1.807, 2.05) is 51.3 Å². The molecule has 0 unspecified atom stereocenters. The van der Waals surface area contributed by atoms with Crippen LogP contribution in [0.1, 0.15) is 48.0 Å². The minimum absolute atomic E-state index is 0.103. The van der Waals surface area contributed by atoms with Gasteiger partial charge in [-0.05, 0) is 75.2 Å². The zero-order valence-electron chi connectivity index (χ0n) is 18.3. The van der Waals surface area contributed by atoms with Crippen molar-refractivity contribution in [2.24, 2.45) is 0 Å². The van der Waals surface area contributed by atoms with Crippen LogP contribution in [0.3, 0.4) is 0 Å². The molecule has 1 amide bonds. The minimum Gasteiger partial charge on any atom is -0.487 e. The fourth-order valence-corrected chi connectivity index (χ4v) is 3.76. The van der Waals surface area contributed by atoms with Gasteiger partial charge in [-0.2, -0.15) is 0 Å². The Bertz CT molecular complexity index is 1070. The summed E-state index contributed by atoms with van der Waals surface area (Å²) in [4.78, 5) is 30.4. The standard InChI is InChI=1S/C24H26N2O4S/c1-15(2)30-23(28)19-7-10-22(11-8-19)29-13-20-14-31-24(25-20)26(18(5)27)21-9-6-16(3)17(4)12-21/h6-12,14-15H,13H2,1-5H3. The number of amides is 1. The van der Waals surface area contributed by atoms with E-state index in [-0.39, 0.29) is 24.6 Å². The summed E-state index contributed by atoms with van der Waals surface area (Å²) >= 11 is 1.39. The first kappa shape index (κ1) is 22.5. The van der Waals surface area contributed by atoms with Crippen LogP contribution in [0, 0.1) is 13.8 Å². The molecule has 6 nitrogen and oxygen atoms in total. The molecule has 0 aliphatic heterocycles. The molecule has 3 aromatic rings. The molecule has 0 bridgehead atoms. The molecule has 0 saturated heterocycles. The van der Waals surface area contributed by atoms with Crippen molar-refractivity contribution in [1.82, 2.24) is 4.98 Å². The third-order valence-electron chi connectivity index (χ3n) is 4.61. The van der Waals surface area contributed by atoms with Gasteiger partial charge < -0.3 is 9.47 Å². The fourth-order valence-electron chi connectivity index (χ4n) is 2.88. The van der Waals surface area contributed by atoms with Crippen LogP contribution in [-0.2, 0) is 16.1 Å². The van der Waals surface area contributed by atoms with Crippen LogP contribution in [0.25, 0.3) is 0 Å². The number of anilines is 2. The van der Waals surface area contributed by atoms with Gasteiger partial charge in [0.25, 0.3) is 0 Å².